The van der Waals surface area contributed by atoms with Gasteiger partial charge in [-0.25, -0.2) is 4.79 Å². The van der Waals surface area contributed by atoms with E-state index in [2.05, 4.69) is 35.3 Å². The molecule has 1 aromatic carbocycles. The van der Waals surface area contributed by atoms with Gasteiger partial charge in [-0.3, -0.25) is 4.79 Å². The van der Waals surface area contributed by atoms with Crippen molar-refractivity contribution in [3.05, 3.63) is 45.8 Å². The number of esters is 1. The molecule has 132 valence electrons. The Labute approximate surface area is 151 Å². The predicted octanol–water partition coefficient (Wildman–Crippen LogP) is 3.54. The van der Waals surface area contributed by atoms with Gasteiger partial charge in [-0.1, -0.05) is 17.7 Å². The van der Waals surface area contributed by atoms with Crippen molar-refractivity contribution in [2.45, 2.75) is 26.7 Å². The molecule has 1 aromatic heterocycles. The molecule has 0 radical (unpaired) electrons. The highest BCUT2D eigenvalue weighted by molar-refractivity contribution is 7.16. The number of aryl methyl sites for hydroxylation is 3. The molecule has 0 atom stereocenters. The molecule has 0 saturated heterocycles. The van der Waals surface area contributed by atoms with Crippen LogP contribution >= 0.6 is 11.3 Å². The van der Waals surface area contributed by atoms with Gasteiger partial charge in [-0.2, -0.15) is 0 Å². The third-order valence-electron chi connectivity index (χ3n) is 4.30. The summed E-state index contributed by atoms with van der Waals surface area (Å²) in [4.78, 5) is 27.4. The third-order valence-corrected chi connectivity index (χ3v) is 5.26. The second-order valence-corrected chi connectivity index (χ2v) is 7.55. The number of carbonyl (C=O) groups is 2. The molecule has 1 N–H and O–H groups in total. The highest BCUT2D eigenvalue weighted by Gasteiger charge is 2.21. The van der Waals surface area contributed by atoms with E-state index < -0.39 is 5.97 Å². The molecule has 0 fully saturated rings. The molecular weight excluding hydrogens is 336 g/mol. The van der Waals surface area contributed by atoms with Crippen molar-refractivity contribution in [2.75, 3.05) is 30.4 Å². The number of fused-ring (bicyclic) bond motifs is 1. The Morgan fingerprint density at radius 3 is 2.84 bits per heavy atom. The van der Waals surface area contributed by atoms with E-state index in [0.717, 1.165) is 30.0 Å². The van der Waals surface area contributed by atoms with E-state index >= 15 is 0 Å². The molecule has 1 aliphatic rings. The molecule has 5 nitrogen and oxygen atoms in total. The molecule has 3 rings (SSSR count). The lowest BCUT2D eigenvalue weighted by molar-refractivity contribution is -0.115. The number of amides is 1. The van der Waals surface area contributed by atoms with Crippen LogP contribution in [0.2, 0.25) is 0 Å². The minimum atomic E-state index is -0.432. The summed E-state index contributed by atoms with van der Waals surface area (Å²) in [6.45, 7) is 5.11. The fourth-order valence-corrected chi connectivity index (χ4v) is 4.09. The monoisotopic (exact) mass is 358 g/mol. The first-order valence-corrected chi connectivity index (χ1v) is 9.12. The fourth-order valence-electron chi connectivity index (χ4n) is 3.18. The Morgan fingerprint density at radius 1 is 1.28 bits per heavy atom. The van der Waals surface area contributed by atoms with Crippen molar-refractivity contribution in [1.82, 2.24) is 0 Å². The second kappa shape index (κ2) is 7.27. The van der Waals surface area contributed by atoms with E-state index in [1.807, 2.05) is 6.92 Å². The number of methoxy groups -OCH3 is 1. The van der Waals surface area contributed by atoms with Crippen LogP contribution in [0.15, 0.2) is 24.3 Å². The van der Waals surface area contributed by atoms with Crippen molar-refractivity contribution in [1.29, 1.82) is 0 Å². The van der Waals surface area contributed by atoms with Crippen LogP contribution in [-0.2, 0) is 16.0 Å². The SMILES string of the molecule is COC(=O)c1cc(C)sc1NC(=O)CN1CCCc2cc(C)ccc21. The number of carbonyl (C=O) groups excluding carboxylic acids is 2. The van der Waals surface area contributed by atoms with E-state index in [1.54, 1.807) is 6.07 Å². The average Bonchev–Trinajstić information content (AvgIpc) is 2.94. The lowest BCUT2D eigenvalue weighted by Crippen LogP contribution is -2.36. The summed E-state index contributed by atoms with van der Waals surface area (Å²) in [5, 5.41) is 3.42. The van der Waals surface area contributed by atoms with Gasteiger partial charge in [0.05, 0.1) is 19.2 Å². The van der Waals surface area contributed by atoms with Gasteiger partial charge in [-0.15, -0.1) is 11.3 Å². The number of nitrogens with zero attached hydrogens (tertiary/aromatic N) is 1. The van der Waals surface area contributed by atoms with Crippen molar-refractivity contribution in [3.8, 4) is 0 Å². The molecule has 1 amide bonds. The lowest BCUT2D eigenvalue weighted by atomic mass is 9.99. The summed E-state index contributed by atoms with van der Waals surface area (Å²) >= 11 is 1.38. The molecule has 25 heavy (non-hydrogen) atoms. The normalized spacial score (nSPS) is 13.3. The Balaban J connectivity index is 1.73. The van der Waals surface area contributed by atoms with Gasteiger partial charge in [0.15, 0.2) is 0 Å². The Bertz CT molecular complexity index is 813. The smallest absolute Gasteiger partial charge is 0.340 e. The summed E-state index contributed by atoms with van der Waals surface area (Å²) in [6.07, 6.45) is 2.08. The van der Waals surface area contributed by atoms with Gasteiger partial charge in [0.2, 0.25) is 5.91 Å². The van der Waals surface area contributed by atoms with Crippen LogP contribution in [0.3, 0.4) is 0 Å². The van der Waals surface area contributed by atoms with Gasteiger partial charge in [-0.05, 0) is 44.4 Å². The van der Waals surface area contributed by atoms with Crippen LogP contribution in [0.25, 0.3) is 0 Å². The maximum absolute atomic E-state index is 12.5. The van der Waals surface area contributed by atoms with Gasteiger partial charge >= 0.3 is 5.97 Å². The number of rotatable bonds is 4. The van der Waals surface area contributed by atoms with E-state index in [-0.39, 0.29) is 12.5 Å². The molecule has 2 heterocycles. The van der Waals surface area contributed by atoms with Crippen LogP contribution in [0.1, 0.15) is 32.8 Å². The summed E-state index contributed by atoms with van der Waals surface area (Å²) in [5.74, 6) is -0.557. The molecular formula is C19H22N2O3S. The van der Waals surface area contributed by atoms with Gasteiger partial charge in [0.25, 0.3) is 0 Å². The Hall–Kier alpha value is -2.34. The van der Waals surface area contributed by atoms with Crippen LogP contribution in [0.5, 0.6) is 0 Å². The average molecular weight is 358 g/mol. The van der Waals surface area contributed by atoms with Crippen molar-refractivity contribution >= 4 is 33.9 Å². The highest BCUT2D eigenvalue weighted by Crippen LogP contribution is 2.30. The third kappa shape index (κ3) is 3.85. The minimum absolute atomic E-state index is 0.125. The van der Waals surface area contributed by atoms with Gasteiger partial charge in [0, 0.05) is 17.1 Å². The number of benzene rings is 1. The lowest BCUT2D eigenvalue weighted by Gasteiger charge is -2.31. The summed E-state index contributed by atoms with van der Waals surface area (Å²) in [7, 11) is 1.34. The van der Waals surface area contributed by atoms with Crippen LogP contribution in [0, 0.1) is 13.8 Å². The van der Waals surface area contributed by atoms with Crippen molar-refractivity contribution < 1.29 is 14.3 Å². The van der Waals surface area contributed by atoms with E-state index in [4.69, 9.17) is 4.74 Å². The van der Waals surface area contributed by atoms with Gasteiger partial charge < -0.3 is 15.0 Å². The first-order valence-electron chi connectivity index (χ1n) is 8.31. The number of hydrogen-bond donors (Lipinski definition) is 1. The maximum Gasteiger partial charge on any atom is 0.340 e. The largest absolute Gasteiger partial charge is 0.465 e. The van der Waals surface area contributed by atoms with E-state index in [0.29, 0.717) is 10.6 Å². The molecule has 2 aromatic rings. The van der Waals surface area contributed by atoms with Gasteiger partial charge in [0.1, 0.15) is 5.00 Å². The Kier molecular flexibility index (Phi) is 5.08. The van der Waals surface area contributed by atoms with Crippen LogP contribution in [-0.4, -0.2) is 32.1 Å². The maximum atomic E-state index is 12.5. The molecule has 0 aliphatic carbocycles. The van der Waals surface area contributed by atoms with E-state index in [9.17, 15) is 9.59 Å². The number of hydrogen-bond acceptors (Lipinski definition) is 5. The minimum Gasteiger partial charge on any atom is -0.465 e. The fraction of sp³-hybridized carbons (Fsp3) is 0.368. The topological polar surface area (TPSA) is 58.6 Å². The van der Waals surface area contributed by atoms with Crippen LogP contribution < -0.4 is 10.2 Å². The standard InChI is InChI=1S/C19H22N2O3S/c1-12-6-7-16-14(9-12)5-4-8-21(16)11-17(22)20-18-15(19(23)24-3)10-13(2)25-18/h6-7,9-10H,4-5,8,11H2,1-3H3,(H,20,22). The molecule has 0 bridgehead atoms. The number of nitrogens with one attached hydrogen (secondary N) is 1. The molecule has 6 heteroatoms. The first-order chi connectivity index (χ1) is 12.0. The Morgan fingerprint density at radius 2 is 2.08 bits per heavy atom. The second-order valence-electron chi connectivity index (χ2n) is 6.30. The predicted molar refractivity (Wildman–Crippen MR) is 101 cm³/mol. The molecule has 1 aliphatic heterocycles. The van der Waals surface area contributed by atoms with Crippen molar-refractivity contribution in [3.63, 3.8) is 0 Å². The zero-order valence-electron chi connectivity index (χ0n) is 14.7. The number of ether oxygens (including phenoxy) is 1. The number of thiophene rings is 1. The highest BCUT2D eigenvalue weighted by atomic mass is 32.1. The summed E-state index contributed by atoms with van der Waals surface area (Å²) in [6, 6.07) is 8.10. The first kappa shape index (κ1) is 17.5. The molecule has 0 unspecified atom stereocenters. The summed E-state index contributed by atoms with van der Waals surface area (Å²) < 4.78 is 4.79. The number of anilines is 2. The molecule has 0 saturated carbocycles. The zero-order chi connectivity index (χ0) is 18.0. The van der Waals surface area contributed by atoms with Crippen LogP contribution in [0.4, 0.5) is 10.7 Å². The summed E-state index contributed by atoms with van der Waals surface area (Å²) in [5.41, 5.74) is 4.07. The zero-order valence-corrected chi connectivity index (χ0v) is 15.5. The molecule has 0 spiro atoms. The quantitative estimate of drug-likeness (QED) is 0.849. The van der Waals surface area contributed by atoms with Crippen molar-refractivity contribution in [2.24, 2.45) is 0 Å². The van der Waals surface area contributed by atoms with E-state index in [1.165, 1.54) is 29.6 Å².